The lowest BCUT2D eigenvalue weighted by atomic mass is 9.90. The molecule has 10 heteroatoms. The van der Waals surface area contributed by atoms with Gasteiger partial charge in [0.05, 0.1) is 11.9 Å². The number of hydrogen-bond donors (Lipinski definition) is 1. The van der Waals surface area contributed by atoms with Crippen LogP contribution in [0.5, 0.6) is 0 Å². The molecule has 0 atom stereocenters. The van der Waals surface area contributed by atoms with Gasteiger partial charge in [-0.05, 0) is 66.8 Å². The second kappa shape index (κ2) is 13.8. The first-order chi connectivity index (χ1) is 19.8. The van der Waals surface area contributed by atoms with Gasteiger partial charge in [0.1, 0.15) is 24.8 Å². The van der Waals surface area contributed by atoms with Crippen molar-refractivity contribution in [2.24, 2.45) is 5.41 Å². The van der Waals surface area contributed by atoms with Crippen LogP contribution in [0.3, 0.4) is 0 Å². The van der Waals surface area contributed by atoms with Crippen molar-refractivity contribution in [2.75, 3.05) is 11.9 Å². The molecule has 0 unspecified atom stereocenters. The number of hydrogen-bond acceptors (Lipinski definition) is 8. The summed E-state index contributed by atoms with van der Waals surface area (Å²) >= 11 is 3.62. The first-order valence-electron chi connectivity index (χ1n) is 12.8. The van der Waals surface area contributed by atoms with Gasteiger partial charge < -0.3 is 19.3 Å². The molecule has 0 saturated carbocycles. The maximum Gasteiger partial charge on any atom is 0.298 e. The van der Waals surface area contributed by atoms with Crippen molar-refractivity contribution in [3.8, 4) is 28.3 Å². The molecular weight excluding hydrogens is 586 g/mol. The molecule has 3 heterocycles. The third-order valence-corrected chi connectivity index (χ3v) is 7.17. The van der Waals surface area contributed by atoms with Gasteiger partial charge in [0.2, 0.25) is 0 Å². The highest BCUT2D eigenvalue weighted by molar-refractivity contribution is 9.10. The van der Waals surface area contributed by atoms with E-state index in [9.17, 15) is 4.79 Å². The molecule has 41 heavy (non-hydrogen) atoms. The molecule has 5 rings (SSSR count). The highest BCUT2D eigenvalue weighted by atomic mass is 79.9. The van der Waals surface area contributed by atoms with Crippen molar-refractivity contribution in [3.63, 3.8) is 0 Å². The van der Waals surface area contributed by atoms with E-state index in [-0.39, 0.29) is 11.0 Å². The van der Waals surface area contributed by atoms with Gasteiger partial charge in [-0.3, -0.25) is 9.78 Å². The van der Waals surface area contributed by atoms with Crippen LogP contribution >= 0.6 is 15.9 Å². The molecule has 0 radical (unpaired) electrons. The van der Waals surface area contributed by atoms with Crippen molar-refractivity contribution < 1.29 is 14.0 Å². The van der Waals surface area contributed by atoms with E-state index in [1.54, 1.807) is 12.4 Å². The Morgan fingerprint density at radius 3 is 2.46 bits per heavy atom. The molecule has 0 aliphatic carbocycles. The monoisotopic (exact) mass is 617 g/mol. The van der Waals surface area contributed by atoms with E-state index in [0.29, 0.717) is 28.0 Å². The Balaban J connectivity index is 0.00000111. The minimum atomic E-state index is -0.265. The molecule has 0 fully saturated rings. The fourth-order valence-corrected chi connectivity index (χ4v) is 4.58. The predicted octanol–water partition coefficient (Wildman–Crippen LogP) is 6.65. The van der Waals surface area contributed by atoms with Gasteiger partial charge in [-0.15, -0.1) is 0 Å². The summed E-state index contributed by atoms with van der Waals surface area (Å²) in [5.41, 5.74) is 5.16. The summed E-state index contributed by atoms with van der Waals surface area (Å²) in [5.74, 6) is 0.642. The van der Waals surface area contributed by atoms with Crippen molar-refractivity contribution in [2.45, 2.75) is 34.1 Å². The van der Waals surface area contributed by atoms with Crippen LogP contribution in [0.1, 0.15) is 32.8 Å². The van der Waals surface area contributed by atoms with E-state index in [1.165, 1.54) is 11.1 Å². The van der Waals surface area contributed by atoms with Gasteiger partial charge in [0, 0.05) is 39.4 Å². The summed E-state index contributed by atoms with van der Waals surface area (Å²) in [7, 11) is 0. The summed E-state index contributed by atoms with van der Waals surface area (Å²) in [6.07, 6.45) is 5.76. The van der Waals surface area contributed by atoms with Crippen molar-refractivity contribution in [3.05, 3.63) is 87.7 Å². The number of nitrogens with zero attached hydrogens (tertiary/aromatic N) is 4. The number of carbonyl (C=O) groups is 2. The number of rotatable bonds is 7. The molecule has 0 saturated heterocycles. The van der Waals surface area contributed by atoms with Gasteiger partial charge in [0.25, 0.3) is 5.56 Å². The Bertz CT molecular complexity index is 1680. The van der Waals surface area contributed by atoms with Crippen LogP contribution in [-0.2, 0) is 9.59 Å². The van der Waals surface area contributed by atoms with E-state index < -0.39 is 0 Å². The summed E-state index contributed by atoms with van der Waals surface area (Å²) < 4.78 is 7.84. The molecule has 0 aliphatic rings. The predicted molar refractivity (Wildman–Crippen MR) is 165 cm³/mol. The first-order valence-corrected chi connectivity index (χ1v) is 13.6. The summed E-state index contributed by atoms with van der Waals surface area (Å²) in [6.45, 7) is 13.4. The minimum absolute atomic E-state index is 0.155. The molecule has 0 aliphatic heterocycles. The van der Waals surface area contributed by atoms with Gasteiger partial charge >= 0.3 is 0 Å². The van der Waals surface area contributed by atoms with Crippen molar-refractivity contribution >= 4 is 46.1 Å². The number of anilines is 1. The Kier molecular flexibility index (Phi) is 10.4. The fourth-order valence-electron chi connectivity index (χ4n) is 4.08. The van der Waals surface area contributed by atoms with Crippen LogP contribution in [0.15, 0.2) is 81.0 Å². The Hall–Kier alpha value is -4.44. The number of oxazole rings is 1. The van der Waals surface area contributed by atoms with E-state index in [1.807, 2.05) is 69.0 Å². The summed E-state index contributed by atoms with van der Waals surface area (Å²) in [6, 6.07) is 15.6. The molecule has 1 N–H and O–H groups in total. The van der Waals surface area contributed by atoms with Crippen LogP contribution in [0.2, 0.25) is 0 Å². The Labute approximate surface area is 246 Å². The number of halogens is 1. The Morgan fingerprint density at radius 1 is 1.05 bits per heavy atom. The van der Waals surface area contributed by atoms with Gasteiger partial charge in [-0.1, -0.05) is 42.8 Å². The van der Waals surface area contributed by atoms with E-state index in [4.69, 9.17) is 19.1 Å². The maximum atomic E-state index is 13.6. The lowest BCUT2D eigenvalue weighted by molar-refractivity contribution is -0.0987. The lowest BCUT2D eigenvalue weighted by Gasteiger charge is -2.24. The highest BCUT2D eigenvalue weighted by Gasteiger charge is 2.18. The second-order valence-electron chi connectivity index (χ2n) is 9.93. The largest absolute Gasteiger partial charge is 0.444 e. The zero-order valence-electron chi connectivity index (χ0n) is 23.5. The van der Waals surface area contributed by atoms with E-state index >= 15 is 0 Å². The number of nitrogens with one attached hydrogen (secondary N) is 1. The van der Waals surface area contributed by atoms with E-state index in [2.05, 4.69) is 52.0 Å². The molecule has 5 aromatic rings. The second-order valence-corrected chi connectivity index (χ2v) is 10.8. The van der Waals surface area contributed by atoms with Crippen LogP contribution in [-0.4, -0.2) is 39.9 Å². The van der Waals surface area contributed by atoms with Crippen LogP contribution in [0, 0.1) is 12.3 Å². The topological polar surface area (TPSA) is 120 Å². The number of fused-ring (bicyclic) bond motifs is 1. The molecular formula is C31H32BrN5O4. The molecule has 212 valence electrons. The number of benzene rings is 2. The average molecular weight is 619 g/mol. The van der Waals surface area contributed by atoms with Gasteiger partial charge in [-0.2, -0.15) is 9.78 Å². The first kappa shape index (κ1) is 31.1. The molecule has 9 nitrogen and oxygen atoms in total. The van der Waals surface area contributed by atoms with E-state index in [0.717, 1.165) is 39.8 Å². The highest BCUT2D eigenvalue weighted by Crippen LogP contribution is 2.32. The number of carbonyl (C=O) groups excluding carboxylic acids is 2. The number of aromatic nitrogens is 4. The van der Waals surface area contributed by atoms with Gasteiger partial charge in [-0.25, -0.2) is 4.98 Å². The minimum Gasteiger partial charge on any atom is -0.444 e. The third kappa shape index (κ3) is 7.01. The molecule has 2 aromatic carbocycles. The Morgan fingerprint density at radius 2 is 1.78 bits per heavy atom. The SMILES string of the molecule is C=O.C=O.CCC(C)(C)CNc1ccc(C)c(-n2nc(-c3cc(Br)cc(-c4cnco4)c3)c3cccnc3c2=O)c1. The zero-order valence-corrected chi connectivity index (χ0v) is 25.1. The normalized spacial score (nSPS) is 10.8. The molecule has 0 bridgehead atoms. The van der Waals surface area contributed by atoms with Gasteiger partial charge in [0.15, 0.2) is 12.2 Å². The summed E-state index contributed by atoms with van der Waals surface area (Å²) in [4.78, 5) is 38.1. The average Bonchev–Trinajstić information content (AvgIpc) is 3.55. The third-order valence-electron chi connectivity index (χ3n) is 6.71. The van der Waals surface area contributed by atoms with Crippen LogP contribution in [0.25, 0.3) is 39.2 Å². The quantitative estimate of drug-likeness (QED) is 0.215. The lowest BCUT2D eigenvalue weighted by Crippen LogP contribution is -2.24. The standard InChI is InChI=1S/C29H28BrN5O2.2CH2O/c1-5-29(3,4)16-33-22-9-8-18(2)24(14-22)35-28(36)27-23(7-6-10-32-27)26(34-35)20-11-19(12-21(30)13-20)25-15-31-17-37-25;2*1-2/h6-15,17,33H,5,16H2,1-4H3;2*1H2. The smallest absolute Gasteiger partial charge is 0.298 e. The van der Waals surface area contributed by atoms with Crippen LogP contribution < -0.4 is 10.9 Å². The van der Waals surface area contributed by atoms with Crippen molar-refractivity contribution in [1.82, 2.24) is 19.7 Å². The molecule has 0 spiro atoms. The summed E-state index contributed by atoms with van der Waals surface area (Å²) in [5, 5.41) is 9.11. The molecule has 0 amide bonds. The number of aryl methyl sites for hydroxylation is 1. The maximum absolute atomic E-state index is 13.6. The molecule has 3 aromatic heterocycles. The number of pyridine rings is 1. The zero-order chi connectivity index (χ0) is 30.2. The fraction of sp³-hybridized carbons (Fsp3) is 0.226. The van der Waals surface area contributed by atoms with Crippen LogP contribution in [0.4, 0.5) is 5.69 Å². The van der Waals surface area contributed by atoms with Crippen molar-refractivity contribution in [1.29, 1.82) is 0 Å².